The van der Waals surface area contributed by atoms with Crippen molar-refractivity contribution in [2.45, 2.75) is 39.2 Å². The molecule has 1 fully saturated rings. The predicted octanol–water partition coefficient (Wildman–Crippen LogP) is 1.45. The highest BCUT2D eigenvalue weighted by Crippen LogP contribution is 2.24. The Balaban J connectivity index is 2.63. The van der Waals surface area contributed by atoms with Gasteiger partial charge >= 0.3 is 0 Å². The van der Waals surface area contributed by atoms with Gasteiger partial charge in [-0.3, -0.25) is 9.69 Å². The zero-order valence-electron chi connectivity index (χ0n) is 7.68. The second-order valence-electron chi connectivity index (χ2n) is 3.86. The highest BCUT2D eigenvalue weighted by atomic mass is 16.1. The van der Waals surface area contributed by atoms with Crippen LogP contribution in [-0.2, 0) is 4.79 Å². The Labute approximate surface area is 68.6 Å². The Kier molecular flexibility index (Phi) is 2.33. The molecule has 1 heterocycles. The third-order valence-corrected chi connectivity index (χ3v) is 2.53. The lowest BCUT2D eigenvalue weighted by molar-refractivity contribution is -0.125. The topological polar surface area (TPSA) is 20.3 Å². The van der Waals surface area contributed by atoms with E-state index in [0.29, 0.717) is 5.78 Å². The standard InChI is InChI=1S/C9H17NO/c1-4-10-6-5-8(11)7-9(10,2)3/h4-7H2,1-3H3. The molecule has 64 valence electrons. The van der Waals surface area contributed by atoms with Crippen molar-refractivity contribution in [3.63, 3.8) is 0 Å². The first kappa shape index (κ1) is 8.72. The Morgan fingerprint density at radius 2 is 2.18 bits per heavy atom. The first-order valence-corrected chi connectivity index (χ1v) is 4.33. The Bertz CT molecular complexity index is 163. The maximum absolute atomic E-state index is 11.1. The number of Topliss-reactive ketones (excluding diaryl/α,β-unsaturated/α-hetero) is 1. The van der Waals surface area contributed by atoms with Crippen LogP contribution in [0, 0.1) is 0 Å². The molecule has 0 N–H and O–H groups in total. The van der Waals surface area contributed by atoms with Crippen LogP contribution in [-0.4, -0.2) is 29.3 Å². The third-order valence-electron chi connectivity index (χ3n) is 2.53. The summed E-state index contributed by atoms with van der Waals surface area (Å²) < 4.78 is 0. The molecule has 0 atom stereocenters. The lowest BCUT2D eigenvalue weighted by Crippen LogP contribution is -2.49. The molecular weight excluding hydrogens is 138 g/mol. The van der Waals surface area contributed by atoms with Crippen molar-refractivity contribution < 1.29 is 4.79 Å². The average molecular weight is 155 g/mol. The fraction of sp³-hybridized carbons (Fsp3) is 0.889. The quantitative estimate of drug-likeness (QED) is 0.571. The van der Waals surface area contributed by atoms with Crippen molar-refractivity contribution in [2.75, 3.05) is 13.1 Å². The number of carbonyl (C=O) groups is 1. The Hall–Kier alpha value is -0.370. The van der Waals surface area contributed by atoms with Crippen molar-refractivity contribution >= 4 is 5.78 Å². The summed E-state index contributed by atoms with van der Waals surface area (Å²) in [6.45, 7) is 8.45. The van der Waals surface area contributed by atoms with Gasteiger partial charge in [0.25, 0.3) is 0 Å². The normalized spacial score (nSPS) is 25.5. The molecule has 1 rings (SSSR count). The predicted molar refractivity (Wildman–Crippen MR) is 45.6 cm³/mol. The molecule has 0 aromatic heterocycles. The summed E-state index contributed by atoms with van der Waals surface area (Å²) in [5.74, 6) is 0.416. The summed E-state index contributed by atoms with van der Waals surface area (Å²) in [6, 6.07) is 0. The molecule has 2 nitrogen and oxygen atoms in total. The van der Waals surface area contributed by atoms with Gasteiger partial charge in [0.15, 0.2) is 0 Å². The van der Waals surface area contributed by atoms with Crippen LogP contribution >= 0.6 is 0 Å². The van der Waals surface area contributed by atoms with E-state index in [2.05, 4.69) is 25.7 Å². The van der Waals surface area contributed by atoms with Crippen LogP contribution in [0.4, 0.5) is 0 Å². The van der Waals surface area contributed by atoms with Gasteiger partial charge in [-0.25, -0.2) is 0 Å². The molecule has 0 spiro atoms. The monoisotopic (exact) mass is 155 g/mol. The van der Waals surface area contributed by atoms with Gasteiger partial charge in [0.2, 0.25) is 0 Å². The van der Waals surface area contributed by atoms with Crippen LogP contribution in [0.1, 0.15) is 33.6 Å². The first-order valence-electron chi connectivity index (χ1n) is 4.33. The fourth-order valence-corrected chi connectivity index (χ4v) is 1.83. The summed E-state index contributed by atoms with van der Waals surface area (Å²) in [7, 11) is 0. The molecule has 0 amide bonds. The van der Waals surface area contributed by atoms with E-state index in [9.17, 15) is 4.79 Å². The van der Waals surface area contributed by atoms with Crippen molar-refractivity contribution in [1.82, 2.24) is 4.90 Å². The van der Waals surface area contributed by atoms with E-state index in [1.165, 1.54) is 0 Å². The second-order valence-corrected chi connectivity index (χ2v) is 3.86. The number of carbonyl (C=O) groups excluding carboxylic acids is 1. The van der Waals surface area contributed by atoms with E-state index in [-0.39, 0.29) is 5.54 Å². The molecule has 0 unspecified atom stereocenters. The number of rotatable bonds is 1. The molecule has 0 aliphatic carbocycles. The van der Waals surface area contributed by atoms with E-state index in [1.807, 2.05) is 0 Å². The highest BCUT2D eigenvalue weighted by Gasteiger charge is 2.32. The van der Waals surface area contributed by atoms with Gasteiger partial charge in [0.1, 0.15) is 5.78 Å². The van der Waals surface area contributed by atoms with Crippen LogP contribution in [0.25, 0.3) is 0 Å². The van der Waals surface area contributed by atoms with Gasteiger partial charge in [0, 0.05) is 24.9 Å². The van der Waals surface area contributed by atoms with E-state index >= 15 is 0 Å². The van der Waals surface area contributed by atoms with Gasteiger partial charge in [-0.2, -0.15) is 0 Å². The van der Waals surface area contributed by atoms with Crippen molar-refractivity contribution in [2.24, 2.45) is 0 Å². The maximum atomic E-state index is 11.1. The fourth-order valence-electron chi connectivity index (χ4n) is 1.83. The van der Waals surface area contributed by atoms with Crippen molar-refractivity contribution in [1.29, 1.82) is 0 Å². The van der Waals surface area contributed by atoms with Gasteiger partial charge < -0.3 is 0 Å². The molecule has 2 heteroatoms. The number of likely N-dealkylation sites (tertiary alicyclic amines) is 1. The van der Waals surface area contributed by atoms with E-state index in [0.717, 1.165) is 25.9 Å². The molecule has 0 bridgehead atoms. The molecule has 1 aliphatic heterocycles. The van der Waals surface area contributed by atoms with E-state index < -0.39 is 0 Å². The second kappa shape index (κ2) is 2.94. The van der Waals surface area contributed by atoms with Gasteiger partial charge in [-0.1, -0.05) is 6.92 Å². The SMILES string of the molecule is CCN1CCC(=O)CC1(C)C. The summed E-state index contributed by atoms with van der Waals surface area (Å²) in [5.41, 5.74) is 0.101. The number of hydrogen-bond acceptors (Lipinski definition) is 2. The summed E-state index contributed by atoms with van der Waals surface area (Å²) in [4.78, 5) is 13.5. The van der Waals surface area contributed by atoms with Crippen LogP contribution in [0.2, 0.25) is 0 Å². The smallest absolute Gasteiger partial charge is 0.136 e. The first-order chi connectivity index (χ1) is 5.06. The molecule has 0 aromatic rings. The third kappa shape index (κ3) is 1.80. The Morgan fingerprint density at radius 1 is 1.55 bits per heavy atom. The van der Waals surface area contributed by atoms with Crippen molar-refractivity contribution in [3.8, 4) is 0 Å². The number of nitrogens with zero attached hydrogens (tertiary/aromatic N) is 1. The number of hydrogen-bond donors (Lipinski definition) is 0. The highest BCUT2D eigenvalue weighted by molar-refractivity contribution is 5.80. The molecule has 0 aromatic carbocycles. The summed E-state index contributed by atoms with van der Waals surface area (Å²) in [5, 5.41) is 0. The molecule has 1 saturated heterocycles. The average Bonchev–Trinajstić information content (AvgIpc) is 1.85. The van der Waals surface area contributed by atoms with Gasteiger partial charge in [0.05, 0.1) is 0 Å². The van der Waals surface area contributed by atoms with Crippen LogP contribution in [0.3, 0.4) is 0 Å². The summed E-state index contributed by atoms with van der Waals surface area (Å²) >= 11 is 0. The molecule has 1 aliphatic rings. The minimum atomic E-state index is 0.101. The van der Waals surface area contributed by atoms with Crippen LogP contribution < -0.4 is 0 Å². The van der Waals surface area contributed by atoms with Crippen molar-refractivity contribution in [3.05, 3.63) is 0 Å². The lowest BCUT2D eigenvalue weighted by atomic mass is 9.90. The van der Waals surface area contributed by atoms with Gasteiger partial charge in [-0.15, -0.1) is 0 Å². The number of ketones is 1. The van der Waals surface area contributed by atoms with Crippen LogP contribution in [0.15, 0.2) is 0 Å². The summed E-state index contributed by atoms with van der Waals surface area (Å²) in [6.07, 6.45) is 1.47. The van der Waals surface area contributed by atoms with Gasteiger partial charge in [-0.05, 0) is 20.4 Å². The largest absolute Gasteiger partial charge is 0.300 e. The minimum absolute atomic E-state index is 0.101. The number of piperidine rings is 1. The zero-order chi connectivity index (χ0) is 8.48. The maximum Gasteiger partial charge on any atom is 0.136 e. The molecule has 0 saturated carbocycles. The molecular formula is C9H17NO. The molecule has 0 radical (unpaired) electrons. The van der Waals surface area contributed by atoms with E-state index in [1.54, 1.807) is 0 Å². The molecule has 11 heavy (non-hydrogen) atoms. The zero-order valence-corrected chi connectivity index (χ0v) is 7.68. The minimum Gasteiger partial charge on any atom is -0.300 e. The van der Waals surface area contributed by atoms with Crippen LogP contribution in [0.5, 0.6) is 0 Å². The Morgan fingerprint density at radius 3 is 2.64 bits per heavy atom. The van der Waals surface area contributed by atoms with E-state index in [4.69, 9.17) is 0 Å². The lowest BCUT2D eigenvalue weighted by Gasteiger charge is -2.41.